The van der Waals surface area contributed by atoms with E-state index in [1.165, 1.54) is 16.3 Å². The van der Waals surface area contributed by atoms with Crippen molar-refractivity contribution in [3.8, 4) is 0 Å². The van der Waals surface area contributed by atoms with E-state index in [0.717, 1.165) is 5.56 Å². The van der Waals surface area contributed by atoms with Crippen LogP contribution in [0.1, 0.15) is 5.56 Å². The van der Waals surface area contributed by atoms with Gasteiger partial charge in [-0.05, 0) is 24.0 Å². The van der Waals surface area contributed by atoms with Gasteiger partial charge in [0.2, 0.25) is 0 Å². The molecule has 0 unspecified atom stereocenters. The zero-order valence-electron chi connectivity index (χ0n) is 11.5. The number of hydrogen-bond acceptors (Lipinski definition) is 3. The fourth-order valence-corrected chi connectivity index (χ4v) is 3.37. The number of halogens is 1. The van der Waals surface area contributed by atoms with Gasteiger partial charge in [-0.25, -0.2) is 0 Å². The monoisotopic (exact) mass is 282 g/mol. The molecule has 0 saturated carbocycles. The molecule has 2 rings (SSSR count). The van der Waals surface area contributed by atoms with E-state index in [2.05, 4.69) is 40.3 Å². The smallest absolute Gasteiger partial charge is 0.152 e. The molecule has 0 amide bonds. The molecule has 2 nitrogen and oxygen atoms in total. The van der Waals surface area contributed by atoms with Crippen LogP contribution in [0.5, 0.6) is 0 Å². The van der Waals surface area contributed by atoms with Crippen molar-refractivity contribution in [2.45, 2.75) is 9.77 Å². The Morgan fingerprint density at radius 2 is 1.39 bits per heavy atom. The minimum atomic E-state index is -0.441. The van der Waals surface area contributed by atoms with Crippen LogP contribution in [0.2, 0.25) is 0 Å². The van der Waals surface area contributed by atoms with Gasteiger partial charge in [0.05, 0.1) is 11.4 Å². The van der Waals surface area contributed by atoms with Gasteiger partial charge in [-0.1, -0.05) is 12.1 Å². The van der Waals surface area contributed by atoms with Gasteiger partial charge in [-0.2, -0.15) is 0 Å². The van der Waals surface area contributed by atoms with Crippen LogP contribution in [-0.4, -0.2) is 44.2 Å². The zero-order valence-corrected chi connectivity index (χ0v) is 13.1. The number of hydrogen-bond donors (Lipinski definition) is 0. The summed E-state index contributed by atoms with van der Waals surface area (Å²) in [5.74, 6) is 0. The summed E-state index contributed by atoms with van der Waals surface area (Å²) in [5.41, 5.74) is 3.52. The molecule has 4 heteroatoms. The van der Waals surface area contributed by atoms with Gasteiger partial charge < -0.3 is 9.80 Å². The van der Waals surface area contributed by atoms with Crippen LogP contribution >= 0.6 is 23.4 Å². The average Bonchev–Trinajstić information content (AvgIpc) is 2.98. The van der Waals surface area contributed by atoms with Gasteiger partial charge in [0.15, 0.2) is 4.87 Å². The van der Waals surface area contributed by atoms with E-state index in [4.69, 9.17) is 11.6 Å². The molecule has 0 N–H and O–H groups in total. The Kier molecular flexibility index (Phi) is 3.56. The minimum absolute atomic E-state index is 0.441. The maximum Gasteiger partial charge on any atom is 0.152 e. The fourth-order valence-electron chi connectivity index (χ4n) is 2.37. The van der Waals surface area contributed by atoms with E-state index >= 15 is 0 Å². The van der Waals surface area contributed by atoms with Gasteiger partial charge >= 0.3 is 0 Å². The summed E-state index contributed by atoms with van der Waals surface area (Å²) in [6.07, 6.45) is 2.08. The standard InChI is InChI=1S/C14H19ClN2S/c1-16(2)12-13(17(3)4)14(12,15)10-6-8-11(18-5)9-7-10/h6-9H,1-5H3. The van der Waals surface area contributed by atoms with Gasteiger partial charge in [0.25, 0.3) is 0 Å². The summed E-state index contributed by atoms with van der Waals surface area (Å²) < 4.78 is 0. The minimum Gasteiger partial charge on any atom is -0.377 e. The first-order chi connectivity index (χ1) is 8.42. The molecule has 18 heavy (non-hydrogen) atoms. The van der Waals surface area contributed by atoms with Crippen LogP contribution in [0.3, 0.4) is 0 Å². The van der Waals surface area contributed by atoms with E-state index in [9.17, 15) is 0 Å². The first-order valence-electron chi connectivity index (χ1n) is 5.86. The Morgan fingerprint density at radius 1 is 0.944 bits per heavy atom. The molecule has 1 aromatic carbocycles. The van der Waals surface area contributed by atoms with Crippen molar-refractivity contribution >= 4 is 23.4 Å². The maximum absolute atomic E-state index is 6.82. The van der Waals surface area contributed by atoms with E-state index in [1.807, 2.05) is 28.2 Å². The Bertz CT molecular complexity index is 459. The van der Waals surface area contributed by atoms with Gasteiger partial charge in [0, 0.05) is 33.1 Å². The number of nitrogens with zero attached hydrogens (tertiary/aromatic N) is 2. The predicted molar refractivity (Wildman–Crippen MR) is 80.2 cm³/mol. The summed E-state index contributed by atoms with van der Waals surface area (Å²) in [4.78, 5) is 5.03. The lowest BCUT2D eigenvalue weighted by molar-refractivity contribution is 0.512. The van der Waals surface area contributed by atoms with Crippen LogP contribution in [0, 0.1) is 0 Å². The van der Waals surface area contributed by atoms with E-state index < -0.39 is 4.87 Å². The third-order valence-corrected chi connectivity index (χ3v) is 4.52. The van der Waals surface area contributed by atoms with Crippen LogP contribution in [0.25, 0.3) is 0 Å². The Labute approximate surface area is 119 Å². The highest BCUT2D eigenvalue weighted by molar-refractivity contribution is 7.98. The highest BCUT2D eigenvalue weighted by atomic mass is 35.5. The second-order valence-corrected chi connectivity index (χ2v) is 6.32. The summed E-state index contributed by atoms with van der Waals surface area (Å²) in [5, 5.41) is 0. The average molecular weight is 283 g/mol. The Morgan fingerprint density at radius 3 is 1.72 bits per heavy atom. The van der Waals surface area contributed by atoms with Gasteiger partial charge in [-0.3, -0.25) is 0 Å². The molecular weight excluding hydrogens is 264 g/mol. The van der Waals surface area contributed by atoms with Gasteiger partial charge in [0.1, 0.15) is 0 Å². The van der Waals surface area contributed by atoms with Crippen molar-refractivity contribution in [1.82, 2.24) is 9.80 Å². The Hall–Kier alpha value is -0.800. The van der Waals surface area contributed by atoms with Crippen molar-refractivity contribution < 1.29 is 0 Å². The second kappa shape index (κ2) is 4.71. The first kappa shape index (κ1) is 13.6. The number of likely N-dealkylation sites (N-methyl/N-ethyl adjacent to an activating group) is 2. The normalized spacial score (nSPS) is 16.8. The molecule has 0 aliphatic heterocycles. The lowest BCUT2D eigenvalue weighted by atomic mass is 10.1. The zero-order chi connectivity index (χ0) is 13.5. The quantitative estimate of drug-likeness (QED) is 0.619. The van der Waals surface area contributed by atoms with Crippen molar-refractivity contribution in [3.05, 3.63) is 41.2 Å². The number of benzene rings is 1. The second-order valence-electron chi connectivity index (χ2n) is 4.87. The summed E-state index contributed by atoms with van der Waals surface area (Å²) in [6.45, 7) is 0. The number of rotatable bonds is 4. The summed E-state index contributed by atoms with van der Waals surface area (Å²) >= 11 is 8.57. The SMILES string of the molecule is CSc1ccc(C2(Cl)C(N(C)C)=C2N(C)C)cc1. The van der Waals surface area contributed by atoms with Gasteiger partial charge in [-0.15, -0.1) is 23.4 Å². The topological polar surface area (TPSA) is 6.48 Å². The molecule has 1 aliphatic rings. The van der Waals surface area contributed by atoms with Crippen molar-refractivity contribution in [2.24, 2.45) is 0 Å². The van der Waals surface area contributed by atoms with Crippen molar-refractivity contribution in [2.75, 3.05) is 34.4 Å². The molecule has 0 fully saturated rings. The molecule has 0 spiro atoms. The molecule has 0 radical (unpaired) electrons. The van der Waals surface area contributed by atoms with Crippen molar-refractivity contribution in [3.63, 3.8) is 0 Å². The third kappa shape index (κ3) is 1.99. The lowest BCUT2D eigenvalue weighted by Gasteiger charge is -2.18. The summed E-state index contributed by atoms with van der Waals surface area (Å²) in [6, 6.07) is 8.50. The van der Waals surface area contributed by atoms with E-state index in [-0.39, 0.29) is 0 Å². The molecule has 0 atom stereocenters. The van der Waals surface area contributed by atoms with Crippen LogP contribution in [-0.2, 0) is 4.87 Å². The third-order valence-electron chi connectivity index (χ3n) is 3.20. The highest BCUT2D eigenvalue weighted by Crippen LogP contribution is 2.59. The van der Waals surface area contributed by atoms with E-state index in [0.29, 0.717) is 0 Å². The lowest BCUT2D eigenvalue weighted by Crippen LogP contribution is -2.17. The highest BCUT2D eigenvalue weighted by Gasteiger charge is 2.56. The molecule has 0 heterocycles. The molecule has 0 aromatic heterocycles. The maximum atomic E-state index is 6.82. The largest absolute Gasteiger partial charge is 0.377 e. The molecular formula is C14H19ClN2S. The number of alkyl halides is 1. The number of thioether (sulfide) groups is 1. The molecule has 1 aromatic rings. The van der Waals surface area contributed by atoms with Crippen molar-refractivity contribution in [1.29, 1.82) is 0 Å². The fraction of sp³-hybridized carbons (Fsp3) is 0.429. The van der Waals surface area contributed by atoms with Crippen LogP contribution < -0.4 is 0 Å². The molecule has 0 saturated heterocycles. The predicted octanol–water partition coefficient (Wildman–Crippen LogP) is 3.19. The molecule has 1 aliphatic carbocycles. The van der Waals surface area contributed by atoms with Crippen LogP contribution in [0.15, 0.2) is 40.6 Å². The molecule has 98 valence electrons. The van der Waals surface area contributed by atoms with E-state index in [1.54, 1.807) is 11.8 Å². The summed E-state index contributed by atoms with van der Waals surface area (Å²) in [7, 11) is 8.16. The molecule has 0 bridgehead atoms. The number of allylic oxidation sites excluding steroid dienone is 2. The first-order valence-corrected chi connectivity index (χ1v) is 7.46. The Balaban J connectivity index is 2.33. The van der Waals surface area contributed by atoms with Crippen LogP contribution in [0.4, 0.5) is 0 Å².